The molecule has 0 saturated heterocycles. The molecule has 3 nitrogen and oxygen atoms in total. The van der Waals surface area contributed by atoms with E-state index in [1.807, 2.05) is 6.92 Å². The zero-order valence-electron chi connectivity index (χ0n) is 5.53. The van der Waals surface area contributed by atoms with Crippen LogP contribution in [0.2, 0.25) is 0 Å². The Balaban J connectivity index is 3.16. The smallest absolute Gasteiger partial charge is 0.305 e. The lowest BCUT2D eigenvalue weighted by atomic mass is 10.6. The fourth-order valence-electron chi connectivity index (χ4n) is 0.667. The van der Waals surface area contributed by atoms with Crippen LogP contribution >= 0.6 is 11.3 Å². The van der Waals surface area contributed by atoms with Crippen LogP contribution in [0.25, 0.3) is 0 Å². The van der Waals surface area contributed by atoms with Crippen molar-refractivity contribution in [3.8, 4) is 0 Å². The topological polar surface area (TPSA) is 39.1 Å². The summed E-state index contributed by atoms with van der Waals surface area (Å²) in [5.41, 5.74) is 0. The molecule has 1 rings (SSSR count). The van der Waals surface area contributed by atoms with E-state index in [2.05, 4.69) is 0 Å². The standard InChI is InChI=1S/C6H7NO2S/c1-2-7-3-5(4-8)10-6(7)9/h3-4H,2H2,1H3. The Bertz CT molecular complexity index is 286. The number of aryl methyl sites for hydroxylation is 1. The lowest BCUT2D eigenvalue weighted by Gasteiger charge is -1.88. The summed E-state index contributed by atoms with van der Waals surface area (Å²) < 4.78 is 1.51. The highest BCUT2D eigenvalue weighted by atomic mass is 32.1. The minimum absolute atomic E-state index is 0.0652. The molecule has 1 aromatic rings. The third-order valence-corrected chi connectivity index (χ3v) is 2.03. The van der Waals surface area contributed by atoms with Crippen LogP contribution in [0.1, 0.15) is 16.6 Å². The van der Waals surface area contributed by atoms with E-state index in [0.717, 1.165) is 11.3 Å². The van der Waals surface area contributed by atoms with E-state index in [0.29, 0.717) is 17.7 Å². The van der Waals surface area contributed by atoms with Gasteiger partial charge in [0.05, 0.1) is 4.88 Å². The Morgan fingerprint density at radius 1 is 1.80 bits per heavy atom. The van der Waals surface area contributed by atoms with Crippen molar-refractivity contribution in [1.29, 1.82) is 0 Å². The summed E-state index contributed by atoms with van der Waals surface area (Å²) in [5, 5.41) is 0. The molecule has 0 radical (unpaired) electrons. The summed E-state index contributed by atoms with van der Waals surface area (Å²) in [4.78, 5) is 21.4. The number of aldehydes is 1. The normalized spacial score (nSPS) is 9.70. The van der Waals surface area contributed by atoms with E-state index < -0.39 is 0 Å². The van der Waals surface area contributed by atoms with Gasteiger partial charge >= 0.3 is 4.87 Å². The third kappa shape index (κ3) is 1.16. The molecule has 0 unspecified atom stereocenters. The van der Waals surface area contributed by atoms with Gasteiger partial charge in [-0.25, -0.2) is 0 Å². The largest absolute Gasteiger partial charge is 0.307 e. The maximum absolute atomic E-state index is 10.9. The van der Waals surface area contributed by atoms with Gasteiger partial charge in [0.15, 0.2) is 6.29 Å². The van der Waals surface area contributed by atoms with Crippen LogP contribution in [0.5, 0.6) is 0 Å². The molecule has 0 spiro atoms. The summed E-state index contributed by atoms with van der Waals surface area (Å²) in [7, 11) is 0. The van der Waals surface area contributed by atoms with Gasteiger partial charge in [-0.2, -0.15) is 0 Å². The molecule has 4 heteroatoms. The van der Waals surface area contributed by atoms with Crippen LogP contribution in [0, 0.1) is 0 Å². The second-order valence-electron chi connectivity index (χ2n) is 1.80. The first-order valence-electron chi connectivity index (χ1n) is 2.93. The molecular weight excluding hydrogens is 150 g/mol. The molecular formula is C6H7NO2S. The monoisotopic (exact) mass is 157 g/mol. The molecule has 54 valence electrons. The van der Waals surface area contributed by atoms with Crippen molar-refractivity contribution < 1.29 is 4.79 Å². The summed E-state index contributed by atoms with van der Waals surface area (Å²) in [6, 6.07) is 0. The fourth-order valence-corrected chi connectivity index (χ4v) is 1.40. The minimum Gasteiger partial charge on any atom is -0.305 e. The molecule has 1 heterocycles. The highest BCUT2D eigenvalue weighted by molar-refractivity contribution is 7.10. The number of thiazole rings is 1. The van der Waals surface area contributed by atoms with Crippen molar-refractivity contribution >= 4 is 17.6 Å². The van der Waals surface area contributed by atoms with E-state index in [4.69, 9.17) is 0 Å². The van der Waals surface area contributed by atoms with Gasteiger partial charge in [0.2, 0.25) is 0 Å². The Morgan fingerprint density at radius 2 is 2.50 bits per heavy atom. The Hall–Kier alpha value is -0.900. The van der Waals surface area contributed by atoms with Crippen LogP contribution < -0.4 is 4.87 Å². The molecule has 0 aliphatic heterocycles. The summed E-state index contributed by atoms with van der Waals surface area (Å²) in [6.07, 6.45) is 2.26. The molecule has 0 fully saturated rings. The van der Waals surface area contributed by atoms with E-state index in [1.165, 1.54) is 4.57 Å². The van der Waals surface area contributed by atoms with E-state index in [9.17, 15) is 9.59 Å². The number of rotatable bonds is 2. The maximum atomic E-state index is 10.9. The highest BCUT2D eigenvalue weighted by Crippen LogP contribution is 1.98. The number of hydrogen-bond acceptors (Lipinski definition) is 3. The molecule has 0 atom stereocenters. The van der Waals surface area contributed by atoms with Crippen LogP contribution in [-0.2, 0) is 6.54 Å². The number of aromatic nitrogens is 1. The van der Waals surface area contributed by atoms with Crippen molar-refractivity contribution in [2.24, 2.45) is 0 Å². The number of carbonyl (C=O) groups excluding carboxylic acids is 1. The molecule has 0 aromatic carbocycles. The fraction of sp³-hybridized carbons (Fsp3) is 0.333. The Labute approximate surface area is 61.9 Å². The molecule has 0 bridgehead atoms. The van der Waals surface area contributed by atoms with E-state index in [-0.39, 0.29) is 4.87 Å². The molecule has 0 amide bonds. The minimum atomic E-state index is -0.0652. The molecule has 1 aromatic heterocycles. The zero-order chi connectivity index (χ0) is 7.56. The van der Waals surface area contributed by atoms with Gasteiger partial charge in [0.25, 0.3) is 0 Å². The number of nitrogens with zero attached hydrogens (tertiary/aromatic N) is 1. The third-order valence-electron chi connectivity index (χ3n) is 1.18. The second kappa shape index (κ2) is 2.79. The van der Waals surface area contributed by atoms with Crippen molar-refractivity contribution in [3.05, 3.63) is 20.7 Å². The second-order valence-corrected chi connectivity index (χ2v) is 2.83. The number of carbonyl (C=O) groups is 1. The zero-order valence-corrected chi connectivity index (χ0v) is 6.35. The van der Waals surface area contributed by atoms with Crippen molar-refractivity contribution in [3.63, 3.8) is 0 Å². The van der Waals surface area contributed by atoms with Gasteiger partial charge in [0.1, 0.15) is 0 Å². The first-order chi connectivity index (χ1) is 4.77. The van der Waals surface area contributed by atoms with Crippen LogP contribution in [0.15, 0.2) is 11.0 Å². The Morgan fingerprint density at radius 3 is 2.80 bits per heavy atom. The molecule has 0 aliphatic carbocycles. The van der Waals surface area contributed by atoms with Gasteiger partial charge < -0.3 is 4.57 Å². The first-order valence-corrected chi connectivity index (χ1v) is 3.75. The highest BCUT2D eigenvalue weighted by Gasteiger charge is 1.98. The van der Waals surface area contributed by atoms with Gasteiger partial charge in [0, 0.05) is 12.7 Å². The van der Waals surface area contributed by atoms with Crippen molar-refractivity contribution in [2.45, 2.75) is 13.5 Å². The predicted molar refractivity (Wildman–Crippen MR) is 39.6 cm³/mol. The van der Waals surface area contributed by atoms with Gasteiger partial charge in [-0.1, -0.05) is 11.3 Å². The molecule has 0 saturated carbocycles. The number of hydrogen-bond donors (Lipinski definition) is 0. The van der Waals surface area contributed by atoms with Gasteiger partial charge in [-0.05, 0) is 6.92 Å². The molecule has 0 aliphatic rings. The van der Waals surface area contributed by atoms with Crippen LogP contribution in [0.3, 0.4) is 0 Å². The summed E-state index contributed by atoms with van der Waals surface area (Å²) in [6.45, 7) is 2.49. The average Bonchev–Trinajstić information content (AvgIpc) is 2.30. The lowest BCUT2D eigenvalue weighted by molar-refractivity contribution is 0.112. The van der Waals surface area contributed by atoms with E-state index >= 15 is 0 Å². The van der Waals surface area contributed by atoms with Crippen LogP contribution in [-0.4, -0.2) is 10.9 Å². The average molecular weight is 157 g/mol. The molecule has 10 heavy (non-hydrogen) atoms. The van der Waals surface area contributed by atoms with Gasteiger partial charge in [-0.3, -0.25) is 9.59 Å². The van der Waals surface area contributed by atoms with Gasteiger partial charge in [-0.15, -0.1) is 0 Å². The van der Waals surface area contributed by atoms with Crippen molar-refractivity contribution in [1.82, 2.24) is 4.57 Å². The predicted octanol–water partition coefficient (Wildman–Crippen LogP) is 0.742. The summed E-state index contributed by atoms with van der Waals surface area (Å²) >= 11 is 0.978. The van der Waals surface area contributed by atoms with Crippen LogP contribution in [0.4, 0.5) is 0 Å². The molecule has 0 N–H and O–H groups in total. The lowest BCUT2D eigenvalue weighted by Crippen LogP contribution is -2.09. The quantitative estimate of drug-likeness (QED) is 0.594. The Kier molecular flexibility index (Phi) is 2.01. The van der Waals surface area contributed by atoms with E-state index in [1.54, 1.807) is 6.20 Å². The SMILES string of the molecule is CCn1cc(C=O)sc1=O. The van der Waals surface area contributed by atoms with Crippen molar-refractivity contribution in [2.75, 3.05) is 0 Å². The maximum Gasteiger partial charge on any atom is 0.307 e. The first kappa shape index (κ1) is 7.21. The summed E-state index contributed by atoms with van der Waals surface area (Å²) in [5.74, 6) is 0.